The molecule has 3 heterocycles. The molecule has 510 valence electrons. The Bertz CT molecular complexity index is 4210. The van der Waals surface area contributed by atoms with Crippen LogP contribution < -0.4 is 4.90 Å². The Balaban J connectivity index is 1.25. The minimum Gasteiger partial charge on any atom is -0.744 e. The number of carbonyl (C=O) groups excluding carboxylic acids is 3. The second-order valence-corrected chi connectivity index (χ2v) is 29.0. The van der Waals surface area contributed by atoms with Gasteiger partial charge in [0.25, 0.3) is 52.3 Å². The standard InChI is InChI=1S/C59H73N3O26S5/c1-58(20-10-36-89(66,67)68)51(60(22-26-81-3)47-15-13-43-45(56(47)58)37-41(90(69,70)71)39-49(43)92(75,76)77)11-8-6-5-7-9-12-52-59(2,21-25-84-31-33-87-35-34-86-29-28-82-4)57-46-38-42(91(72,73)74)40-50(93(78,79)80)44(46)14-16-48(57)61(52)23-27-85-32-30-83-24-19-55(65)88-62-53(63)17-18-54(62)64/h5-9,11-16,37-40H,10,17-36H2,1-4H3,(H4-,66,67,68,69,70,71,72,73,74,75,76,77,78,79,80). The number of hydroxylamine groups is 2. The molecule has 4 aromatic rings. The van der Waals surface area contributed by atoms with Gasteiger partial charge in [-0.15, -0.1) is 5.06 Å². The first-order valence-electron chi connectivity index (χ1n) is 28.9. The van der Waals surface area contributed by atoms with Gasteiger partial charge in [-0.25, -0.2) is 13.2 Å². The molecule has 0 saturated carbocycles. The summed E-state index contributed by atoms with van der Waals surface area (Å²) in [4.78, 5) is 39.3. The molecule has 3 aliphatic rings. The molecule has 29 nitrogen and oxygen atoms in total. The molecule has 2 amide bonds. The van der Waals surface area contributed by atoms with E-state index in [9.17, 15) is 79.2 Å². The van der Waals surface area contributed by atoms with Gasteiger partial charge in [0.15, 0.2) is 12.3 Å². The highest BCUT2D eigenvalue weighted by atomic mass is 32.2. The van der Waals surface area contributed by atoms with Crippen LogP contribution in [0.2, 0.25) is 0 Å². The molecule has 0 radical (unpaired) electrons. The molecular weight excluding hydrogens is 1330 g/mol. The number of ether oxygens (including phenoxy) is 7. The van der Waals surface area contributed by atoms with Crippen molar-refractivity contribution < 1.29 is 122 Å². The molecule has 2 unspecified atom stereocenters. The molecule has 4 N–H and O–H groups in total. The van der Waals surface area contributed by atoms with E-state index in [4.69, 9.17) is 38.0 Å². The van der Waals surface area contributed by atoms with Crippen molar-refractivity contribution in [1.29, 1.82) is 0 Å². The van der Waals surface area contributed by atoms with Crippen molar-refractivity contribution in [2.45, 2.75) is 82.8 Å². The minimum absolute atomic E-state index is 0.00233. The highest BCUT2D eigenvalue weighted by Gasteiger charge is 2.50. The first-order valence-corrected chi connectivity index (χ1v) is 36.2. The lowest BCUT2D eigenvalue weighted by Crippen LogP contribution is -2.32. The molecule has 4 aromatic carbocycles. The maximum atomic E-state index is 12.9. The summed E-state index contributed by atoms with van der Waals surface area (Å²) in [7, 11) is -22.2. The number of methoxy groups -OCH3 is 2. The van der Waals surface area contributed by atoms with Crippen LogP contribution in [0.25, 0.3) is 21.5 Å². The number of imide groups is 1. The Labute approximate surface area is 538 Å². The van der Waals surface area contributed by atoms with Crippen molar-refractivity contribution in [3.63, 3.8) is 0 Å². The SMILES string of the molecule is COCCOCCOCCOCCC1(C)\C(=C/C=C/C=C/C=C/C2=[N+](CCOC)c3ccc4c(S(=O)(=O)O)cc(S(=O)(=O)O)cc4c3C2(C)CCCS(=O)(=O)O)N(CCOCCOCCC(=O)ON2C(=O)CCC2=O)c2ccc3c(S(=O)(=O)[O-])cc(S(=O)(=O)O)cc3c21. The summed E-state index contributed by atoms with van der Waals surface area (Å²) in [5, 5.41) is 0.175. The molecule has 0 aromatic heterocycles. The predicted octanol–water partition coefficient (Wildman–Crippen LogP) is 4.76. The monoisotopic (exact) mass is 1400 g/mol. The van der Waals surface area contributed by atoms with Crippen LogP contribution in [0, 0.1) is 0 Å². The van der Waals surface area contributed by atoms with Crippen molar-refractivity contribution in [3.05, 3.63) is 108 Å². The lowest BCUT2D eigenvalue weighted by Gasteiger charge is -2.31. The van der Waals surface area contributed by atoms with Crippen LogP contribution in [0.3, 0.4) is 0 Å². The van der Waals surface area contributed by atoms with Gasteiger partial charge in [-0.3, -0.25) is 27.8 Å². The fourth-order valence-corrected chi connectivity index (χ4v) is 14.6. The van der Waals surface area contributed by atoms with Crippen molar-refractivity contribution in [3.8, 4) is 0 Å². The molecule has 1 saturated heterocycles. The minimum atomic E-state index is -5.38. The summed E-state index contributed by atoms with van der Waals surface area (Å²) in [6, 6.07) is 9.17. The van der Waals surface area contributed by atoms with Crippen LogP contribution in [0.4, 0.5) is 11.4 Å². The third-order valence-electron chi connectivity index (χ3n) is 15.6. The lowest BCUT2D eigenvalue weighted by molar-refractivity contribution is -0.441. The van der Waals surface area contributed by atoms with E-state index in [0.717, 1.165) is 12.1 Å². The van der Waals surface area contributed by atoms with Crippen molar-refractivity contribution in [2.75, 3.05) is 117 Å². The van der Waals surface area contributed by atoms with Crippen LogP contribution in [-0.4, -0.2) is 210 Å². The molecule has 2 atom stereocenters. The van der Waals surface area contributed by atoms with E-state index >= 15 is 0 Å². The van der Waals surface area contributed by atoms with E-state index in [0.29, 0.717) is 70.9 Å². The zero-order valence-corrected chi connectivity index (χ0v) is 55.2. The number of fused-ring (bicyclic) bond motifs is 6. The van der Waals surface area contributed by atoms with Gasteiger partial charge in [-0.2, -0.15) is 38.2 Å². The Morgan fingerprint density at radius 3 is 1.70 bits per heavy atom. The number of benzene rings is 4. The smallest absolute Gasteiger partial charge is 0.335 e. The average molecular weight is 1400 g/mol. The summed E-state index contributed by atoms with van der Waals surface area (Å²) >= 11 is 0. The summed E-state index contributed by atoms with van der Waals surface area (Å²) in [6.45, 7) is 5.38. The van der Waals surface area contributed by atoms with Gasteiger partial charge < -0.3 is 47.4 Å². The van der Waals surface area contributed by atoms with E-state index in [1.807, 2.05) is 4.90 Å². The topological polar surface area (TPSA) is 409 Å². The number of anilines is 1. The molecule has 0 spiro atoms. The van der Waals surface area contributed by atoms with Crippen molar-refractivity contribution >= 4 is 107 Å². The molecular formula is C59H73N3O26S5. The summed E-state index contributed by atoms with van der Waals surface area (Å²) in [5.41, 5.74) is -0.000339. The summed E-state index contributed by atoms with van der Waals surface area (Å²) in [5.74, 6) is -2.82. The first-order chi connectivity index (χ1) is 43.8. The molecule has 1 fully saturated rings. The largest absolute Gasteiger partial charge is 0.744 e. The van der Waals surface area contributed by atoms with E-state index < -0.39 is 105 Å². The second kappa shape index (κ2) is 31.5. The van der Waals surface area contributed by atoms with Crippen LogP contribution >= 0.6 is 0 Å². The first kappa shape index (κ1) is 74.1. The van der Waals surface area contributed by atoms with Crippen LogP contribution in [-0.2, 0) is 114 Å². The van der Waals surface area contributed by atoms with Gasteiger partial charge in [-0.1, -0.05) is 36.4 Å². The maximum Gasteiger partial charge on any atom is 0.335 e. The third-order valence-corrected chi connectivity index (χ3v) is 19.8. The highest BCUT2D eigenvalue weighted by Crippen LogP contribution is 2.54. The molecule has 93 heavy (non-hydrogen) atoms. The Hall–Kier alpha value is -6.29. The third kappa shape index (κ3) is 18.6. The van der Waals surface area contributed by atoms with Crippen LogP contribution in [0.1, 0.15) is 63.5 Å². The number of hydrogen-bond donors (Lipinski definition) is 4. The molecule has 3 aliphatic heterocycles. The van der Waals surface area contributed by atoms with Crippen molar-refractivity contribution in [1.82, 2.24) is 5.06 Å². The van der Waals surface area contributed by atoms with Gasteiger partial charge in [0, 0.05) is 80.1 Å². The Morgan fingerprint density at radius 1 is 0.591 bits per heavy atom. The normalized spacial score (nSPS) is 18.7. The lowest BCUT2D eigenvalue weighted by atomic mass is 9.74. The fourth-order valence-electron chi connectivity index (χ4n) is 11.4. The fraction of sp³-hybridized carbons (Fsp3) is 0.458. The van der Waals surface area contributed by atoms with Crippen molar-refractivity contribution in [2.24, 2.45) is 0 Å². The number of carbonyl (C=O) groups is 3. The quantitative estimate of drug-likeness (QED) is 0.0155. The summed E-state index contributed by atoms with van der Waals surface area (Å²) < 4.78 is 221. The Morgan fingerprint density at radius 2 is 1.12 bits per heavy atom. The molecule has 0 bridgehead atoms. The number of hydrogen-bond acceptors (Lipinski definition) is 23. The van der Waals surface area contributed by atoms with Gasteiger partial charge in [0.05, 0.1) is 98.3 Å². The van der Waals surface area contributed by atoms with E-state index in [1.165, 1.54) is 19.2 Å². The number of amides is 2. The van der Waals surface area contributed by atoms with Gasteiger partial charge >= 0.3 is 5.97 Å². The van der Waals surface area contributed by atoms with Gasteiger partial charge in [0.1, 0.15) is 21.6 Å². The molecule has 0 aliphatic carbocycles. The Kier molecular flexibility index (Phi) is 25.1. The number of nitrogens with zero attached hydrogens (tertiary/aromatic N) is 3. The zero-order chi connectivity index (χ0) is 68.2. The van der Waals surface area contributed by atoms with Gasteiger partial charge in [0.2, 0.25) is 5.69 Å². The van der Waals surface area contributed by atoms with Crippen LogP contribution in [0.15, 0.2) is 116 Å². The highest BCUT2D eigenvalue weighted by molar-refractivity contribution is 7.87. The predicted molar refractivity (Wildman–Crippen MR) is 333 cm³/mol. The summed E-state index contributed by atoms with van der Waals surface area (Å²) in [6.07, 6.45) is 11.2. The van der Waals surface area contributed by atoms with E-state index in [1.54, 1.807) is 80.2 Å². The van der Waals surface area contributed by atoms with Crippen LogP contribution in [0.5, 0.6) is 0 Å². The van der Waals surface area contributed by atoms with E-state index in [2.05, 4.69) is 0 Å². The average Bonchev–Trinajstić information content (AvgIpc) is 1.60. The van der Waals surface area contributed by atoms with E-state index in [-0.39, 0.29) is 133 Å². The second-order valence-electron chi connectivity index (χ2n) is 21.8. The van der Waals surface area contributed by atoms with Gasteiger partial charge in [-0.05, 0) is 97.3 Å². The molecule has 7 rings (SSSR count). The molecule has 34 heteroatoms. The maximum absolute atomic E-state index is 12.9. The number of allylic oxidation sites excluding steroid dienone is 8. The zero-order valence-electron chi connectivity index (χ0n) is 51.2. The number of rotatable bonds is 37.